The maximum atomic E-state index is 12.4. The highest BCUT2D eigenvalue weighted by atomic mass is 16.5. The van der Waals surface area contributed by atoms with E-state index in [0.29, 0.717) is 6.54 Å². The van der Waals surface area contributed by atoms with E-state index in [-0.39, 0.29) is 24.4 Å². The van der Waals surface area contributed by atoms with Crippen LogP contribution in [0.15, 0.2) is 48.2 Å². The number of pyridine rings is 1. The molecule has 1 heterocycles. The Kier molecular flexibility index (Phi) is 4.93. The lowest BCUT2D eigenvalue weighted by Gasteiger charge is -2.24. The van der Waals surface area contributed by atoms with Crippen molar-refractivity contribution in [1.82, 2.24) is 4.98 Å². The van der Waals surface area contributed by atoms with E-state index in [1.54, 1.807) is 19.2 Å². The van der Waals surface area contributed by atoms with E-state index in [1.165, 1.54) is 0 Å². The van der Waals surface area contributed by atoms with Crippen molar-refractivity contribution in [3.63, 3.8) is 0 Å². The van der Waals surface area contributed by atoms with Gasteiger partial charge in [0, 0.05) is 31.8 Å². The average molecular weight is 336 g/mol. The highest BCUT2D eigenvalue weighted by molar-refractivity contribution is 6.22. The van der Waals surface area contributed by atoms with Gasteiger partial charge in [0.25, 0.3) is 0 Å². The van der Waals surface area contributed by atoms with Crippen LogP contribution in [-0.2, 0) is 27.3 Å². The highest BCUT2D eigenvalue weighted by Gasteiger charge is 2.27. The third kappa shape index (κ3) is 3.60. The van der Waals surface area contributed by atoms with Crippen LogP contribution in [0.2, 0.25) is 0 Å². The number of rotatable bonds is 5. The second kappa shape index (κ2) is 7.30. The summed E-state index contributed by atoms with van der Waals surface area (Å²) >= 11 is 0. The molecule has 128 valence electrons. The van der Waals surface area contributed by atoms with Gasteiger partial charge in [-0.25, -0.2) is 9.78 Å². The van der Waals surface area contributed by atoms with E-state index >= 15 is 0 Å². The second-order valence-electron chi connectivity index (χ2n) is 5.92. The molecule has 0 unspecified atom stereocenters. The van der Waals surface area contributed by atoms with Crippen LogP contribution in [0.1, 0.15) is 23.6 Å². The van der Waals surface area contributed by atoms with Gasteiger partial charge in [0.1, 0.15) is 11.4 Å². The molecule has 0 saturated heterocycles. The van der Waals surface area contributed by atoms with Gasteiger partial charge in [-0.05, 0) is 30.2 Å². The molecule has 0 fully saturated rings. The first-order valence-corrected chi connectivity index (χ1v) is 8.25. The first-order valence-electron chi connectivity index (χ1n) is 8.25. The molecule has 0 saturated carbocycles. The summed E-state index contributed by atoms with van der Waals surface area (Å²) in [6, 6.07) is 11.9. The molecule has 0 radical (unpaired) electrons. The molecule has 0 N–H and O–H groups in total. The number of anilines is 1. The van der Waals surface area contributed by atoms with Crippen LogP contribution in [0.5, 0.6) is 0 Å². The van der Waals surface area contributed by atoms with Gasteiger partial charge < -0.3 is 9.64 Å². The van der Waals surface area contributed by atoms with Crippen LogP contribution < -0.4 is 4.90 Å². The molecular formula is C20H20N2O3. The van der Waals surface area contributed by atoms with E-state index in [4.69, 9.17) is 4.74 Å². The van der Waals surface area contributed by atoms with Gasteiger partial charge >= 0.3 is 5.97 Å². The van der Waals surface area contributed by atoms with Crippen molar-refractivity contribution in [2.75, 3.05) is 18.6 Å². The summed E-state index contributed by atoms with van der Waals surface area (Å²) in [5, 5.41) is 0. The molecule has 0 amide bonds. The lowest BCUT2D eigenvalue weighted by atomic mass is 9.91. The predicted molar refractivity (Wildman–Crippen MR) is 96.1 cm³/mol. The summed E-state index contributed by atoms with van der Waals surface area (Å²) in [5.74, 6) is -0.0312. The Hall–Kier alpha value is -2.95. The number of aromatic nitrogens is 1. The van der Waals surface area contributed by atoms with Crippen LogP contribution in [0, 0.1) is 0 Å². The van der Waals surface area contributed by atoms with Gasteiger partial charge in [0.2, 0.25) is 0 Å². The molecule has 2 aromatic rings. The van der Waals surface area contributed by atoms with Crippen LogP contribution in [0.25, 0.3) is 6.08 Å². The van der Waals surface area contributed by atoms with Crippen molar-refractivity contribution in [3.05, 3.63) is 64.9 Å². The minimum absolute atomic E-state index is 0.109. The number of benzene rings is 1. The fourth-order valence-electron chi connectivity index (χ4n) is 2.95. The minimum atomic E-state index is -0.561. The molecule has 3 rings (SSSR count). The number of carbonyl (C=O) groups excluding carboxylic acids is 2. The normalized spacial score (nSPS) is 13.0. The van der Waals surface area contributed by atoms with Crippen molar-refractivity contribution in [3.8, 4) is 0 Å². The fourth-order valence-corrected chi connectivity index (χ4v) is 2.95. The Morgan fingerprint density at radius 2 is 2.00 bits per heavy atom. The van der Waals surface area contributed by atoms with Crippen LogP contribution in [0.3, 0.4) is 0 Å². The first-order chi connectivity index (χ1) is 12.1. The molecule has 1 aromatic heterocycles. The van der Waals surface area contributed by atoms with E-state index in [2.05, 4.69) is 17.1 Å². The van der Waals surface area contributed by atoms with Crippen LogP contribution in [-0.4, -0.2) is 30.4 Å². The van der Waals surface area contributed by atoms with Gasteiger partial charge in [-0.1, -0.05) is 30.3 Å². The quantitative estimate of drug-likeness (QED) is 0.621. The van der Waals surface area contributed by atoms with Crippen LogP contribution >= 0.6 is 0 Å². The monoisotopic (exact) mass is 336 g/mol. The Labute approximate surface area is 146 Å². The maximum Gasteiger partial charge on any atom is 0.341 e. The van der Waals surface area contributed by atoms with Crippen molar-refractivity contribution >= 4 is 23.6 Å². The van der Waals surface area contributed by atoms with Crippen molar-refractivity contribution < 1.29 is 14.3 Å². The molecule has 1 aromatic carbocycles. The molecule has 5 nitrogen and oxygen atoms in total. The van der Waals surface area contributed by atoms with Crippen LogP contribution in [0.4, 0.5) is 5.82 Å². The molecule has 0 bridgehead atoms. The standard InChI is InChI=1S/C20H20N2O3/c1-3-25-20(24)17-11-15-9-10-21-19(16(15)12-18(17)23)22(2)13-14-7-5-4-6-8-14/h4-11H,3,12-13H2,1-2H3. The third-order valence-corrected chi connectivity index (χ3v) is 4.13. The van der Waals surface area contributed by atoms with Crippen molar-refractivity contribution in [1.29, 1.82) is 0 Å². The van der Waals surface area contributed by atoms with Gasteiger partial charge in [-0.2, -0.15) is 0 Å². The molecule has 1 aliphatic rings. The molecule has 0 aliphatic heterocycles. The lowest BCUT2D eigenvalue weighted by Crippen LogP contribution is -2.25. The summed E-state index contributed by atoms with van der Waals surface area (Å²) in [6.07, 6.45) is 3.47. The zero-order chi connectivity index (χ0) is 17.8. The Bertz CT molecular complexity index is 828. The van der Waals surface area contributed by atoms with Gasteiger partial charge in [0.15, 0.2) is 5.78 Å². The number of esters is 1. The van der Waals surface area contributed by atoms with E-state index in [0.717, 1.165) is 22.5 Å². The van der Waals surface area contributed by atoms with Gasteiger partial charge in [-0.3, -0.25) is 4.79 Å². The average Bonchev–Trinajstić information content (AvgIpc) is 2.61. The zero-order valence-electron chi connectivity index (χ0n) is 14.4. The fraction of sp³-hybridized carbons (Fsp3) is 0.250. The number of ether oxygens (including phenoxy) is 1. The second-order valence-corrected chi connectivity index (χ2v) is 5.92. The van der Waals surface area contributed by atoms with Gasteiger partial charge in [0.05, 0.1) is 6.61 Å². The summed E-state index contributed by atoms with van der Waals surface area (Å²) in [6.45, 7) is 2.66. The van der Waals surface area contributed by atoms with Gasteiger partial charge in [-0.15, -0.1) is 0 Å². The lowest BCUT2D eigenvalue weighted by molar-refractivity contribution is -0.139. The number of nitrogens with zero attached hydrogens (tertiary/aromatic N) is 2. The number of hydrogen-bond donors (Lipinski definition) is 0. The Morgan fingerprint density at radius 3 is 2.72 bits per heavy atom. The molecule has 25 heavy (non-hydrogen) atoms. The molecular weight excluding hydrogens is 316 g/mol. The van der Waals surface area contributed by atoms with E-state index < -0.39 is 5.97 Å². The Balaban J connectivity index is 1.91. The predicted octanol–water partition coefficient (Wildman–Crippen LogP) is 2.79. The molecule has 0 atom stereocenters. The number of hydrogen-bond acceptors (Lipinski definition) is 5. The topological polar surface area (TPSA) is 59.5 Å². The molecule has 1 aliphatic carbocycles. The summed E-state index contributed by atoms with van der Waals surface area (Å²) in [5.41, 5.74) is 2.96. The number of Topliss-reactive ketones (excluding diaryl/α,β-unsaturated/α-hetero) is 1. The third-order valence-electron chi connectivity index (χ3n) is 4.13. The highest BCUT2D eigenvalue weighted by Crippen LogP contribution is 2.29. The zero-order valence-corrected chi connectivity index (χ0v) is 14.4. The smallest absolute Gasteiger partial charge is 0.341 e. The first kappa shape index (κ1) is 16.9. The SMILES string of the molecule is CCOC(=O)C1=Cc2ccnc(N(C)Cc3ccccc3)c2CC1=O. The summed E-state index contributed by atoms with van der Waals surface area (Å²) in [4.78, 5) is 30.8. The summed E-state index contributed by atoms with van der Waals surface area (Å²) < 4.78 is 4.97. The minimum Gasteiger partial charge on any atom is -0.462 e. The van der Waals surface area contributed by atoms with Crippen molar-refractivity contribution in [2.24, 2.45) is 0 Å². The molecule has 0 spiro atoms. The van der Waals surface area contributed by atoms with E-state index in [9.17, 15) is 9.59 Å². The number of carbonyl (C=O) groups is 2. The largest absolute Gasteiger partial charge is 0.462 e. The number of ketones is 1. The van der Waals surface area contributed by atoms with Crippen molar-refractivity contribution in [2.45, 2.75) is 19.9 Å². The summed E-state index contributed by atoms with van der Waals surface area (Å²) in [7, 11) is 1.95. The van der Waals surface area contributed by atoms with E-state index in [1.807, 2.05) is 36.2 Å². The number of fused-ring (bicyclic) bond motifs is 1. The molecule has 5 heteroatoms. The maximum absolute atomic E-state index is 12.4. The Morgan fingerprint density at radius 1 is 1.24 bits per heavy atom.